The van der Waals surface area contributed by atoms with Gasteiger partial charge in [-0.1, -0.05) is 109 Å². The van der Waals surface area contributed by atoms with E-state index in [-0.39, 0.29) is 12.0 Å². The Morgan fingerprint density at radius 3 is 2.03 bits per heavy atom. The summed E-state index contributed by atoms with van der Waals surface area (Å²) in [6, 6.07) is 2.05. The smallest absolute Gasteiger partial charge is 0.305 e. The minimum absolute atomic E-state index is 0.0825. The molecule has 0 unspecified atom stereocenters. The van der Waals surface area contributed by atoms with Gasteiger partial charge in [0.1, 0.15) is 12.4 Å². The number of unbranched alkanes of at least 4 members (excludes halogenated alkanes) is 14. The molecule has 1 heterocycles. The third kappa shape index (κ3) is 18.1. The molecule has 0 aliphatic carbocycles. The largest absolute Gasteiger partial charge is 0.495 e. The van der Waals surface area contributed by atoms with Crippen molar-refractivity contribution >= 4 is 12.0 Å². The van der Waals surface area contributed by atoms with E-state index < -0.39 is 0 Å². The molecule has 1 rings (SSSR count). The predicted octanol–water partition coefficient (Wildman–Crippen LogP) is 7.89. The average Bonchev–Trinajstić information content (AvgIpc) is 2.88. The van der Waals surface area contributed by atoms with Crippen LogP contribution in [0.1, 0.15) is 122 Å². The van der Waals surface area contributed by atoms with E-state index in [1.807, 2.05) is 19.2 Å². The van der Waals surface area contributed by atoms with Gasteiger partial charge in [-0.25, -0.2) is 0 Å². The summed E-state index contributed by atoms with van der Waals surface area (Å²) >= 11 is 0. The van der Waals surface area contributed by atoms with Crippen molar-refractivity contribution in [2.45, 2.75) is 122 Å². The number of nitrogens with one attached hydrogen (secondary N) is 1. The first-order chi connectivity index (χ1) is 17.2. The van der Waals surface area contributed by atoms with Gasteiger partial charge in [-0.3, -0.25) is 9.78 Å². The summed E-state index contributed by atoms with van der Waals surface area (Å²) in [5.74, 6) is 0.658. The minimum atomic E-state index is -0.0825. The number of carbonyl (C=O) groups is 1. The zero-order chi connectivity index (χ0) is 25.4. The summed E-state index contributed by atoms with van der Waals surface area (Å²) in [7, 11) is 3.53. The molecule has 0 aromatic carbocycles. The number of methoxy groups -OCH3 is 1. The molecule has 1 aromatic heterocycles. The third-order valence-corrected chi connectivity index (χ3v) is 6.54. The maximum Gasteiger partial charge on any atom is 0.305 e. The molecule has 0 saturated carbocycles. The maximum atomic E-state index is 12.1. The Hall–Kier alpha value is -1.88. The molecule has 1 aromatic rings. The molecule has 1 N–H and O–H groups in total. The fraction of sp³-hybridized carbons (Fsp3) is 0.733. The van der Waals surface area contributed by atoms with E-state index in [1.54, 1.807) is 19.5 Å². The molecule has 0 amide bonds. The summed E-state index contributed by atoms with van der Waals surface area (Å²) in [5, 5.41) is 3.22. The number of esters is 1. The number of rotatable bonds is 23. The van der Waals surface area contributed by atoms with E-state index in [0.29, 0.717) is 13.0 Å². The van der Waals surface area contributed by atoms with Gasteiger partial charge in [0.15, 0.2) is 0 Å². The second-order valence-corrected chi connectivity index (χ2v) is 9.66. The molecule has 5 heteroatoms. The first-order valence-electron chi connectivity index (χ1n) is 14.2. The van der Waals surface area contributed by atoms with Crippen molar-refractivity contribution in [1.29, 1.82) is 0 Å². The van der Waals surface area contributed by atoms with Gasteiger partial charge in [0.2, 0.25) is 0 Å². The standard InChI is InChI=1S/C30H52N2O3/c1-4-5-6-7-8-9-10-11-12-13-14-15-16-17-18-22-30(33)35-26-28(31-2)21-19-20-27-23-29(34-3)25-32-24-27/h19-20,23-25,28,31H,4-18,21-22,26H2,1-3H3/b20-19+/t28-/m1/s1. The molecule has 0 radical (unpaired) electrons. The van der Waals surface area contributed by atoms with Crippen LogP contribution >= 0.6 is 0 Å². The van der Waals surface area contributed by atoms with E-state index in [4.69, 9.17) is 9.47 Å². The molecule has 0 aliphatic heterocycles. The van der Waals surface area contributed by atoms with Crippen LogP contribution in [0.4, 0.5) is 0 Å². The summed E-state index contributed by atoms with van der Waals surface area (Å²) in [6.45, 7) is 2.67. The lowest BCUT2D eigenvalue weighted by Gasteiger charge is -2.14. The first-order valence-corrected chi connectivity index (χ1v) is 14.2. The second kappa shape index (κ2) is 22.6. The summed E-state index contributed by atoms with van der Waals surface area (Å²) in [5.41, 5.74) is 0.990. The molecule has 5 nitrogen and oxygen atoms in total. The van der Waals surface area contributed by atoms with Crippen LogP contribution in [0, 0.1) is 0 Å². The van der Waals surface area contributed by atoms with E-state index >= 15 is 0 Å². The van der Waals surface area contributed by atoms with Crippen LogP contribution in [0.15, 0.2) is 24.5 Å². The lowest BCUT2D eigenvalue weighted by atomic mass is 10.0. The normalized spacial score (nSPS) is 12.2. The van der Waals surface area contributed by atoms with E-state index in [0.717, 1.165) is 30.6 Å². The van der Waals surface area contributed by atoms with Crippen LogP contribution < -0.4 is 10.1 Å². The van der Waals surface area contributed by atoms with Crippen LogP contribution in [0.2, 0.25) is 0 Å². The zero-order valence-corrected chi connectivity index (χ0v) is 22.9. The van der Waals surface area contributed by atoms with Crippen LogP contribution in [0.3, 0.4) is 0 Å². The fourth-order valence-corrected chi connectivity index (χ4v) is 4.18. The lowest BCUT2D eigenvalue weighted by molar-refractivity contribution is -0.144. The molecule has 0 aliphatic rings. The van der Waals surface area contributed by atoms with Gasteiger partial charge in [0.05, 0.1) is 13.3 Å². The van der Waals surface area contributed by atoms with Crippen LogP contribution in [0.5, 0.6) is 5.75 Å². The number of aromatic nitrogens is 1. The average molecular weight is 489 g/mol. The number of hydrogen-bond donors (Lipinski definition) is 1. The van der Waals surface area contributed by atoms with Crippen molar-refractivity contribution in [3.05, 3.63) is 30.1 Å². The van der Waals surface area contributed by atoms with E-state index in [9.17, 15) is 4.79 Å². The Balaban J connectivity index is 1.96. The second-order valence-electron chi connectivity index (χ2n) is 9.66. The molecule has 0 fully saturated rings. The Labute approximate surface area is 215 Å². The highest BCUT2D eigenvalue weighted by atomic mass is 16.5. The highest BCUT2D eigenvalue weighted by Crippen LogP contribution is 2.14. The Bertz CT molecular complexity index is 663. The van der Waals surface area contributed by atoms with Gasteiger partial charge >= 0.3 is 5.97 Å². The van der Waals surface area contributed by atoms with Crippen molar-refractivity contribution < 1.29 is 14.3 Å². The Morgan fingerprint density at radius 1 is 0.914 bits per heavy atom. The van der Waals surface area contributed by atoms with Gasteiger partial charge in [-0.2, -0.15) is 0 Å². The van der Waals surface area contributed by atoms with E-state index in [1.165, 1.54) is 83.5 Å². The molecule has 200 valence electrons. The number of likely N-dealkylation sites (N-methyl/N-ethyl adjacent to an activating group) is 1. The van der Waals surface area contributed by atoms with Crippen molar-refractivity contribution in [1.82, 2.24) is 10.3 Å². The van der Waals surface area contributed by atoms with Crippen LogP contribution in [-0.4, -0.2) is 37.8 Å². The molecular weight excluding hydrogens is 436 g/mol. The van der Waals surface area contributed by atoms with E-state index in [2.05, 4.69) is 23.3 Å². The molecular formula is C30H52N2O3. The number of carbonyl (C=O) groups excluding carboxylic acids is 1. The van der Waals surface area contributed by atoms with Crippen molar-refractivity contribution in [3.63, 3.8) is 0 Å². The molecule has 1 atom stereocenters. The number of nitrogens with zero attached hydrogens (tertiary/aromatic N) is 1. The fourth-order valence-electron chi connectivity index (χ4n) is 4.18. The van der Waals surface area contributed by atoms with Crippen LogP contribution in [-0.2, 0) is 9.53 Å². The van der Waals surface area contributed by atoms with Gasteiger partial charge < -0.3 is 14.8 Å². The van der Waals surface area contributed by atoms with Crippen molar-refractivity contribution in [2.24, 2.45) is 0 Å². The third-order valence-electron chi connectivity index (χ3n) is 6.54. The number of pyridine rings is 1. The predicted molar refractivity (Wildman–Crippen MR) is 148 cm³/mol. The molecule has 0 bridgehead atoms. The summed E-state index contributed by atoms with van der Waals surface area (Å²) in [4.78, 5) is 16.2. The van der Waals surface area contributed by atoms with Gasteiger partial charge in [0, 0.05) is 18.7 Å². The van der Waals surface area contributed by atoms with Crippen LogP contribution in [0.25, 0.3) is 6.08 Å². The van der Waals surface area contributed by atoms with Gasteiger partial charge in [0.25, 0.3) is 0 Å². The van der Waals surface area contributed by atoms with Gasteiger partial charge in [-0.05, 0) is 31.5 Å². The molecule has 0 spiro atoms. The summed E-state index contributed by atoms with van der Waals surface area (Å²) < 4.78 is 10.7. The number of hydrogen-bond acceptors (Lipinski definition) is 5. The van der Waals surface area contributed by atoms with Crippen molar-refractivity contribution in [3.8, 4) is 5.75 Å². The maximum absolute atomic E-state index is 12.1. The monoisotopic (exact) mass is 488 g/mol. The van der Waals surface area contributed by atoms with Gasteiger partial charge in [-0.15, -0.1) is 0 Å². The first kappa shape index (κ1) is 31.2. The SMILES string of the molecule is CCCCCCCCCCCCCCCCCC(=O)OC[C@@H](C/C=C/c1cncc(OC)c1)NC. The topological polar surface area (TPSA) is 60.5 Å². The lowest BCUT2D eigenvalue weighted by Crippen LogP contribution is -2.30. The quantitative estimate of drug-likeness (QED) is 0.125. The highest BCUT2D eigenvalue weighted by Gasteiger charge is 2.09. The number of ether oxygens (including phenoxy) is 2. The van der Waals surface area contributed by atoms with Crippen molar-refractivity contribution in [2.75, 3.05) is 20.8 Å². The molecule has 35 heavy (non-hydrogen) atoms. The zero-order valence-electron chi connectivity index (χ0n) is 22.9. The minimum Gasteiger partial charge on any atom is -0.495 e. The summed E-state index contributed by atoms with van der Waals surface area (Å²) in [6.07, 6.45) is 28.8. The Kier molecular flexibility index (Phi) is 20.1. The Morgan fingerprint density at radius 2 is 1.49 bits per heavy atom. The molecule has 0 saturated heterocycles. The highest BCUT2D eigenvalue weighted by molar-refractivity contribution is 5.69.